The number of nitro benzene ring substituents is 1. The summed E-state index contributed by atoms with van der Waals surface area (Å²) in [5.41, 5.74) is 2.64. The van der Waals surface area contributed by atoms with E-state index in [4.69, 9.17) is 0 Å². The van der Waals surface area contributed by atoms with Gasteiger partial charge in [0.2, 0.25) is 5.91 Å². The Bertz CT molecular complexity index is 1010. The van der Waals surface area contributed by atoms with E-state index in [0.29, 0.717) is 16.6 Å². The molecule has 3 aromatic rings. The number of benzene rings is 2. The Balaban J connectivity index is 1.72. The summed E-state index contributed by atoms with van der Waals surface area (Å²) in [4.78, 5) is 26.8. The van der Waals surface area contributed by atoms with Crippen molar-refractivity contribution in [3.63, 3.8) is 0 Å². The van der Waals surface area contributed by atoms with Gasteiger partial charge in [0.25, 0.3) is 5.69 Å². The third kappa shape index (κ3) is 4.12. The molecule has 1 amide bonds. The van der Waals surface area contributed by atoms with Gasteiger partial charge in [0.1, 0.15) is 0 Å². The van der Waals surface area contributed by atoms with Gasteiger partial charge in [-0.3, -0.25) is 20.2 Å². The number of rotatable bonds is 5. The number of carbonyl (C=O) groups is 1. The second-order valence-corrected chi connectivity index (χ2v) is 7.11. The minimum absolute atomic E-state index is 0.0142. The van der Waals surface area contributed by atoms with Gasteiger partial charge in [0.15, 0.2) is 5.13 Å². The van der Waals surface area contributed by atoms with Crippen molar-refractivity contribution in [2.24, 2.45) is 0 Å². The molecular weight excluding hydrogens is 350 g/mol. The molecule has 3 rings (SSSR count). The highest BCUT2D eigenvalue weighted by atomic mass is 32.1. The number of thiazole rings is 1. The van der Waals surface area contributed by atoms with Crippen molar-refractivity contribution in [1.29, 1.82) is 0 Å². The lowest BCUT2D eigenvalue weighted by atomic mass is 10.0. The van der Waals surface area contributed by atoms with Crippen LogP contribution in [0.25, 0.3) is 16.3 Å². The smallest absolute Gasteiger partial charge is 0.270 e. The van der Waals surface area contributed by atoms with E-state index >= 15 is 0 Å². The number of nitrogens with one attached hydrogen (secondary N) is 1. The predicted molar refractivity (Wildman–Crippen MR) is 104 cm³/mol. The van der Waals surface area contributed by atoms with Gasteiger partial charge in [-0.25, -0.2) is 4.98 Å². The molecule has 2 aromatic carbocycles. The summed E-state index contributed by atoms with van der Waals surface area (Å²) >= 11 is 1.42. The Morgan fingerprint density at radius 3 is 2.81 bits per heavy atom. The minimum Gasteiger partial charge on any atom is -0.298 e. The SMILES string of the molecule is CC(C)c1ccc2nc(NC(=O)/C=C/c3cccc([N+](=O)[O-])c3)sc2c1. The first-order valence-corrected chi connectivity index (χ1v) is 8.88. The van der Waals surface area contributed by atoms with Crippen LogP contribution in [0.3, 0.4) is 0 Å². The largest absolute Gasteiger partial charge is 0.298 e. The molecule has 1 N–H and O–H groups in total. The van der Waals surface area contributed by atoms with Crippen LogP contribution in [0.1, 0.15) is 30.9 Å². The van der Waals surface area contributed by atoms with Gasteiger partial charge in [-0.15, -0.1) is 0 Å². The third-order valence-electron chi connectivity index (χ3n) is 3.82. The number of fused-ring (bicyclic) bond motifs is 1. The molecule has 0 radical (unpaired) electrons. The normalized spacial score (nSPS) is 11.3. The van der Waals surface area contributed by atoms with E-state index in [-0.39, 0.29) is 11.6 Å². The molecule has 0 bridgehead atoms. The van der Waals surface area contributed by atoms with Crippen LogP contribution in [-0.4, -0.2) is 15.8 Å². The molecule has 26 heavy (non-hydrogen) atoms. The average molecular weight is 367 g/mol. The fourth-order valence-corrected chi connectivity index (χ4v) is 3.33. The van der Waals surface area contributed by atoms with E-state index in [9.17, 15) is 14.9 Å². The number of hydrogen-bond acceptors (Lipinski definition) is 5. The number of nitro groups is 1. The molecule has 7 heteroatoms. The summed E-state index contributed by atoms with van der Waals surface area (Å²) in [5.74, 6) is 0.0945. The van der Waals surface area contributed by atoms with Crippen LogP contribution >= 0.6 is 11.3 Å². The molecule has 0 aliphatic carbocycles. The zero-order valence-electron chi connectivity index (χ0n) is 14.3. The van der Waals surface area contributed by atoms with E-state index in [0.717, 1.165) is 10.2 Å². The first-order valence-electron chi connectivity index (χ1n) is 8.06. The Kier molecular flexibility index (Phi) is 5.09. The van der Waals surface area contributed by atoms with Crippen molar-refractivity contribution < 1.29 is 9.72 Å². The fraction of sp³-hybridized carbons (Fsp3) is 0.158. The van der Waals surface area contributed by atoms with Crippen LogP contribution in [0.2, 0.25) is 0 Å². The number of hydrogen-bond donors (Lipinski definition) is 1. The Morgan fingerprint density at radius 2 is 2.08 bits per heavy atom. The van der Waals surface area contributed by atoms with Crippen molar-refractivity contribution in [2.45, 2.75) is 19.8 Å². The van der Waals surface area contributed by atoms with Crippen LogP contribution in [0, 0.1) is 10.1 Å². The molecule has 0 saturated heterocycles. The molecule has 1 aromatic heterocycles. The lowest BCUT2D eigenvalue weighted by molar-refractivity contribution is -0.384. The van der Waals surface area contributed by atoms with E-state index in [1.807, 2.05) is 12.1 Å². The van der Waals surface area contributed by atoms with Crippen LogP contribution < -0.4 is 5.32 Å². The number of carbonyl (C=O) groups excluding carboxylic acids is 1. The number of non-ortho nitro benzene ring substituents is 1. The summed E-state index contributed by atoms with van der Waals surface area (Å²) in [7, 11) is 0. The van der Waals surface area contributed by atoms with Crippen molar-refractivity contribution >= 4 is 44.4 Å². The topological polar surface area (TPSA) is 85.1 Å². The van der Waals surface area contributed by atoms with Gasteiger partial charge in [0, 0.05) is 18.2 Å². The number of aromatic nitrogens is 1. The van der Waals surface area contributed by atoms with Crippen LogP contribution in [0.5, 0.6) is 0 Å². The molecule has 0 atom stereocenters. The Hall–Kier alpha value is -3.06. The average Bonchev–Trinajstić information content (AvgIpc) is 3.01. The third-order valence-corrected chi connectivity index (χ3v) is 4.75. The summed E-state index contributed by atoms with van der Waals surface area (Å²) in [6, 6.07) is 12.2. The summed E-state index contributed by atoms with van der Waals surface area (Å²) < 4.78 is 1.02. The van der Waals surface area contributed by atoms with E-state index in [1.54, 1.807) is 12.1 Å². The second kappa shape index (κ2) is 7.45. The number of nitrogens with zero attached hydrogens (tertiary/aromatic N) is 2. The molecule has 132 valence electrons. The monoisotopic (exact) mass is 367 g/mol. The molecule has 6 nitrogen and oxygen atoms in total. The highest BCUT2D eigenvalue weighted by Gasteiger charge is 2.08. The van der Waals surface area contributed by atoms with Gasteiger partial charge < -0.3 is 0 Å². The molecule has 1 heterocycles. The van der Waals surface area contributed by atoms with Gasteiger partial charge >= 0.3 is 0 Å². The van der Waals surface area contributed by atoms with Crippen LogP contribution in [0.15, 0.2) is 48.5 Å². The van der Waals surface area contributed by atoms with Crippen LogP contribution in [-0.2, 0) is 4.79 Å². The molecule has 0 unspecified atom stereocenters. The van der Waals surface area contributed by atoms with Crippen molar-refractivity contribution in [1.82, 2.24) is 4.98 Å². The summed E-state index contributed by atoms with van der Waals surface area (Å²) in [6.07, 6.45) is 2.87. The summed E-state index contributed by atoms with van der Waals surface area (Å²) in [5, 5.41) is 14.0. The maximum absolute atomic E-state index is 12.1. The zero-order valence-corrected chi connectivity index (χ0v) is 15.1. The number of amides is 1. The minimum atomic E-state index is -0.468. The van der Waals surface area contributed by atoms with Gasteiger partial charge in [0.05, 0.1) is 15.1 Å². The van der Waals surface area contributed by atoms with Gasteiger partial charge in [-0.05, 0) is 35.3 Å². The highest BCUT2D eigenvalue weighted by molar-refractivity contribution is 7.22. The lowest BCUT2D eigenvalue weighted by Gasteiger charge is -2.03. The molecule has 0 fully saturated rings. The zero-order chi connectivity index (χ0) is 18.7. The standard InChI is InChI=1S/C19H17N3O3S/c1-12(2)14-7-8-16-17(11-14)26-19(20-16)21-18(23)9-6-13-4-3-5-15(10-13)22(24)25/h3-12H,1-2H3,(H,20,21,23)/b9-6+. The molecule has 0 aliphatic rings. The Morgan fingerprint density at radius 1 is 1.27 bits per heavy atom. The maximum Gasteiger partial charge on any atom is 0.270 e. The Labute approximate surface area is 154 Å². The van der Waals surface area contributed by atoms with Gasteiger partial charge in [-0.2, -0.15) is 0 Å². The van der Waals surface area contributed by atoms with Gasteiger partial charge in [-0.1, -0.05) is 43.4 Å². The summed E-state index contributed by atoms with van der Waals surface area (Å²) in [6.45, 7) is 4.26. The molecule has 0 aliphatic heterocycles. The lowest BCUT2D eigenvalue weighted by Crippen LogP contribution is -2.07. The quantitative estimate of drug-likeness (QED) is 0.391. The van der Waals surface area contributed by atoms with E-state index < -0.39 is 4.92 Å². The first kappa shape index (κ1) is 17.8. The van der Waals surface area contributed by atoms with Crippen molar-refractivity contribution in [3.05, 3.63) is 69.8 Å². The van der Waals surface area contributed by atoms with Crippen LogP contribution in [0.4, 0.5) is 10.8 Å². The van der Waals surface area contributed by atoms with E-state index in [1.165, 1.54) is 41.2 Å². The molecule has 0 spiro atoms. The second-order valence-electron chi connectivity index (χ2n) is 6.08. The van der Waals surface area contributed by atoms with Crippen molar-refractivity contribution in [3.8, 4) is 0 Å². The van der Waals surface area contributed by atoms with E-state index in [2.05, 4.69) is 30.2 Å². The van der Waals surface area contributed by atoms with Crippen molar-refractivity contribution in [2.75, 3.05) is 5.32 Å². The molecule has 0 saturated carbocycles. The number of anilines is 1. The first-order chi connectivity index (χ1) is 12.4. The fourth-order valence-electron chi connectivity index (χ4n) is 2.41. The highest BCUT2D eigenvalue weighted by Crippen LogP contribution is 2.29. The molecular formula is C19H17N3O3S. The predicted octanol–water partition coefficient (Wildman–Crippen LogP) is 4.98. The maximum atomic E-state index is 12.1.